The Morgan fingerprint density at radius 2 is 2.13 bits per heavy atom. The monoisotopic (exact) mass is 213 g/mol. The molecule has 2 rings (SSSR count). The van der Waals surface area contributed by atoms with E-state index < -0.39 is 0 Å². The summed E-state index contributed by atoms with van der Waals surface area (Å²) in [6, 6.07) is 0. The zero-order chi connectivity index (χ0) is 10.6. The smallest absolute Gasteiger partial charge is 0.0817 e. The molecule has 1 aliphatic heterocycles. The Bertz CT molecular complexity index is 190. The highest BCUT2D eigenvalue weighted by atomic mass is 16.6. The lowest BCUT2D eigenvalue weighted by Gasteiger charge is -2.23. The standard InChI is InChI=1S/C12H23NO2/c1-13-8-9-14-10-11-4-7-12(15-11)5-2-3-6-12/h11,13H,2-10H2,1H3. The first-order valence-electron chi connectivity index (χ1n) is 6.25. The van der Waals surface area contributed by atoms with E-state index in [1.807, 2.05) is 7.05 Å². The van der Waals surface area contributed by atoms with Crippen molar-refractivity contribution in [2.45, 2.75) is 50.2 Å². The molecule has 1 saturated carbocycles. The molecule has 0 aromatic heterocycles. The van der Waals surface area contributed by atoms with Crippen LogP contribution in [0.3, 0.4) is 0 Å². The summed E-state index contributed by atoms with van der Waals surface area (Å²) in [5, 5.41) is 3.08. The van der Waals surface area contributed by atoms with Crippen molar-refractivity contribution in [3.05, 3.63) is 0 Å². The predicted octanol–water partition coefficient (Wildman–Crippen LogP) is 1.71. The van der Waals surface area contributed by atoms with Gasteiger partial charge in [-0.15, -0.1) is 0 Å². The second kappa shape index (κ2) is 5.28. The third kappa shape index (κ3) is 2.92. The lowest BCUT2D eigenvalue weighted by atomic mass is 9.98. The molecule has 1 atom stereocenters. The lowest BCUT2D eigenvalue weighted by Crippen LogP contribution is -2.27. The van der Waals surface area contributed by atoms with Crippen molar-refractivity contribution in [2.24, 2.45) is 0 Å². The molecule has 88 valence electrons. The molecule has 1 saturated heterocycles. The Kier molecular flexibility index (Phi) is 4.00. The molecule has 15 heavy (non-hydrogen) atoms. The topological polar surface area (TPSA) is 30.5 Å². The molecule has 1 unspecified atom stereocenters. The van der Waals surface area contributed by atoms with Gasteiger partial charge in [0.15, 0.2) is 0 Å². The van der Waals surface area contributed by atoms with Crippen LogP contribution >= 0.6 is 0 Å². The van der Waals surface area contributed by atoms with Crippen LogP contribution in [-0.2, 0) is 9.47 Å². The van der Waals surface area contributed by atoms with E-state index in [0.717, 1.165) is 19.8 Å². The average Bonchev–Trinajstić information content (AvgIpc) is 2.85. The van der Waals surface area contributed by atoms with Gasteiger partial charge in [0.05, 0.1) is 24.9 Å². The fourth-order valence-corrected chi connectivity index (χ4v) is 2.79. The van der Waals surface area contributed by atoms with Crippen molar-refractivity contribution < 1.29 is 9.47 Å². The number of likely N-dealkylation sites (N-methyl/N-ethyl adjacent to an activating group) is 1. The molecule has 1 spiro atoms. The van der Waals surface area contributed by atoms with Gasteiger partial charge in [0.25, 0.3) is 0 Å². The largest absolute Gasteiger partial charge is 0.377 e. The second-order valence-electron chi connectivity index (χ2n) is 4.85. The number of nitrogens with one attached hydrogen (secondary N) is 1. The molecule has 2 aliphatic rings. The van der Waals surface area contributed by atoms with Crippen LogP contribution in [0.4, 0.5) is 0 Å². The van der Waals surface area contributed by atoms with Gasteiger partial charge in [0.2, 0.25) is 0 Å². The van der Waals surface area contributed by atoms with Crippen molar-refractivity contribution in [3.63, 3.8) is 0 Å². The second-order valence-corrected chi connectivity index (χ2v) is 4.85. The van der Waals surface area contributed by atoms with E-state index in [1.165, 1.54) is 38.5 Å². The summed E-state index contributed by atoms with van der Waals surface area (Å²) in [6.07, 6.45) is 8.08. The highest BCUT2D eigenvalue weighted by Crippen LogP contribution is 2.43. The van der Waals surface area contributed by atoms with Crippen molar-refractivity contribution in [3.8, 4) is 0 Å². The van der Waals surface area contributed by atoms with Crippen molar-refractivity contribution in [1.29, 1.82) is 0 Å². The summed E-state index contributed by atoms with van der Waals surface area (Å²) >= 11 is 0. The Morgan fingerprint density at radius 3 is 2.87 bits per heavy atom. The molecule has 0 bridgehead atoms. The molecular weight excluding hydrogens is 190 g/mol. The molecule has 0 aromatic carbocycles. The van der Waals surface area contributed by atoms with Crippen LogP contribution in [0, 0.1) is 0 Å². The van der Waals surface area contributed by atoms with E-state index in [1.54, 1.807) is 0 Å². The minimum atomic E-state index is 0.261. The molecule has 0 aromatic rings. The zero-order valence-electron chi connectivity index (χ0n) is 9.76. The molecule has 1 heterocycles. The van der Waals surface area contributed by atoms with Crippen LogP contribution in [0.5, 0.6) is 0 Å². The van der Waals surface area contributed by atoms with Crippen molar-refractivity contribution in [1.82, 2.24) is 5.32 Å². The summed E-state index contributed by atoms with van der Waals surface area (Å²) in [5.41, 5.74) is 0.261. The Balaban J connectivity index is 1.64. The molecule has 2 fully saturated rings. The maximum absolute atomic E-state index is 6.14. The molecular formula is C12H23NO2. The van der Waals surface area contributed by atoms with E-state index in [-0.39, 0.29) is 5.60 Å². The summed E-state index contributed by atoms with van der Waals surface area (Å²) in [4.78, 5) is 0. The van der Waals surface area contributed by atoms with E-state index in [2.05, 4.69) is 5.32 Å². The average molecular weight is 213 g/mol. The van der Waals surface area contributed by atoms with Crippen molar-refractivity contribution >= 4 is 0 Å². The van der Waals surface area contributed by atoms with Gasteiger partial charge in [0, 0.05) is 6.54 Å². The highest BCUT2D eigenvalue weighted by Gasteiger charge is 2.41. The van der Waals surface area contributed by atoms with Crippen LogP contribution in [0.15, 0.2) is 0 Å². The third-order valence-electron chi connectivity index (χ3n) is 3.65. The SMILES string of the molecule is CNCCOCC1CCC2(CCCC2)O1. The minimum absolute atomic E-state index is 0.261. The number of rotatable bonds is 5. The fraction of sp³-hybridized carbons (Fsp3) is 1.00. The highest BCUT2D eigenvalue weighted by molar-refractivity contribution is 4.92. The molecule has 3 nitrogen and oxygen atoms in total. The molecule has 1 aliphatic carbocycles. The fourth-order valence-electron chi connectivity index (χ4n) is 2.79. The van der Waals surface area contributed by atoms with Gasteiger partial charge in [-0.1, -0.05) is 12.8 Å². The predicted molar refractivity (Wildman–Crippen MR) is 60.1 cm³/mol. The Hall–Kier alpha value is -0.120. The quantitative estimate of drug-likeness (QED) is 0.705. The van der Waals surface area contributed by atoms with Gasteiger partial charge in [-0.05, 0) is 32.7 Å². The Morgan fingerprint density at radius 1 is 1.33 bits per heavy atom. The van der Waals surface area contributed by atoms with Gasteiger partial charge in [-0.25, -0.2) is 0 Å². The van der Waals surface area contributed by atoms with Crippen LogP contribution in [0.1, 0.15) is 38.5 Å². The zero-order valence-corrected chi connectivity index (χ0v) is 9.76. The van der Waals surface area contributed by atoms with E-state index in [0.29, 0.717) is 6.10 Å². The van der Waals surface area contributed by atoms with E-state index in [4.69, 9.17) is 9.47 Å². The normalized spacial score (nSPS) is 29.0. The van der Waals surface area contributed by atoms with Gasteiger partial charge < -0.3 is 14.8 Å². The van der Waals surface area contributed by atoms with E-state index >= 15 is 0 Å². The van der Waals surface area contributed by atoms with Gasteiger partial charge in [-0.3, -0.25) is 0 Å². The van der Waals surface area contributed by atoms with Gasteiger partial charge >= 0.3 is 0 Å². The molecule has 0 radical (unpaired) electrons. The molecule has 1 N–H and O–H groups in total. The molecule has 0 amide bonds. The maximum Gasteiger partial charge on any atom is 0.0817 e. The first kappa shape index (κ1) is 11.4. The van der Waals surface area contributed by atoms with Crippen LogP contribution in [0.2, 0.25) is 0 Å². The lowest BCUT2D eigenvalue weighted by molar-refractivity contribution is -0.0674. The summed E-state index contributed by atoms with van der Waals surface area (Å²) in [6.45, 7) is 2.50. The van der Waals surface area contributed by atoms with Crippen LogP contribution in [-0.4, -0.2) is 38.5 Å². The van der Waals surface area contributed by atoms with Crippen LogP contribution in [0.25, 0.3) is 0 Å². The third-order valence-corrected chi connectivity index (χ3v) is 3.65. The van der Waals surface area contributed by atoms with E-state index in [9.17, 15) is 0 Å². The number of hydrogen-bond donors (Lipinski definition) is 1. The van der Waals surface area contributed by atoms with Gasteiger partial charge in [-0.2, -0.15) is 0 Å². The van der Waals surface area contributed by atoms with Gasteiger partial charge in [0.1, 0.15) is 0 Å². The Labute approximate surface area is 92.5 Å². The molecule has 3 heteroatoms. The summed E-state index contributed by atoms with van der Waals surface area (Å²) in [5.74, 6) is 0. The minimum Gasteiger partial charge on any atom is -0.377 e. The number of ether oxygens (including phenoxy) is 2. The number of hydrogen-bond acceptors (Lipinski definition) is 3. The first-order valence-corrected chi connectivity index (χ1v) is 6.25. The summed E-state index contributed by atoms with van der Waals surface area (Å²) < 4.78 is 11.7. The first-order chi connectivity index (χ1) is 7.35. The summed E-state index contributed by atoms with van der Waals surface area (Å²) in [7, 11) is 1.95. The van der Waals surface area contributed by atoms with Crippen LogP contribution < -0.4 is 5.32 Å². The van der Waals surface area contributed by atoms with Crippen molar-refractivity contribution in [2.75, 3.05) is 26.8 Å². The maximum atomic E-state index is 6.14.